The van der Waals surface area contributed by atoms with Gasteiger partial charge in [-0.2, -0.15) is 0 Å². The second-order valence-corrected chi connectivity index (χ2v) is 7.61. The number of aliphatic hydroxyl groups excluding tert-OH is 1. The van der Waals surface area contributed by atoms with Crippen molar-refractivity contribution >= 4 is 10.9 Å². The fraction of sp³-hybridized carbons (Fsp3) is 0.571. The zero-order chi connectivity index (χ0) is 17.1. The second kappa shape index (κ2) is 7.81. The number of aliphatic hydroxyl groups is 1. The Bertz CT molecular complexity index is 698. The van der Waals surface area contributed by atoms with Gasteiger partial charge in [-0.15, -0.1) is 0 Å². The van der Waals surface area contributed by atoms with Crippen LogP contribution in [0.1, 0.15) is 37.7 Å². The number of pyridine rings is 1. The van der Waals surface area contributed by atoms with E-state index >= 15 is 0 Å². The van der Waals surface area contributed by atoms with Crippen LogP contribution in [0, 0.1) is 0 Å². The third-order valence-electron chi connectivity index (χ3n) is 5.94. The quantitative estimate of drug-likeness (QED) is 0.909. The third-order valence-corrected chi connectivity index (χ3v) is 5.94. The van der Waals surface area contributed by atoms with Crippen molar-refractivity contribution in [3.8, 4) is 0 Å². The van der Waals surface area contributed by atoms with E-state index in [1.807, 2.05) is 12.3 Å². The number of rotatable bonds is 5. The summed E-state index contributed by atoms with van der Waals surface area (Å²) in [6.07, 6.45) is 8.20. The standard InChI is InChI=1S/C21H29N3O/c25-13-9-20-16-23(11-12-24(20)19-5-1-2-6-19)15-17-7-8-21-18(14-17)4-3-10-22-21/h3-4,7-8,10,14,19-20,25H,1-2,5-6,9,11-13,15-16H2/t20-/m1/s1. The highest BCUT2D eigenvalue weighted by atomic mass is 16.3. The summed E-state index contributed by atoms with van der Waals surface area (Å²) in [6.45, 7) is 4.63. The predicted molar refractivity (Wildman–Crippen MR) is 101 cm³/mol. The van der Waals surface area contributed by atoms with Crippen LogP contribution in [0.5, 0.6) is 0 Å². The van der Waals surface area contributed by atoms with Gasteiger partial charge >= 0.3 is 0 Å². The van der Waals surface area contributed by atoms with Crippen molar-refractivity contribution in [2.75, 3.05) is 26.2 Å². The summed E-state index contributed by atoms with van der Waals surface area (Å²) < 4.78 is 0. The zero-order valence-electron chi connectivity index (χ0n) is 15.0. The average molecular weight is 339 g/mol. The summed E-state index contributed by atoms with van der Waals surface area (Å²) in [5, 5.41) is 10.7. The van der Waals surface area contributed by atoms with Gasteiger partial charge in [0.15, 0.2) is 0 Å². The molecule has 0 unspecified atom stereocenters. The number of benzene rings is 1. The first kappa shape index (κ1) is 17.0. The molecule has 4 rings (SSSR count). The highest BCUT2D eigenvalue weighted by Gasteiger charge is 2.32. The van der Waals surface area contributed by atoms with Gasteiger partial charge in [0, 0.05) is 56.5 Å². The lowest BCUT2D eigenvalue weighted by Gasteiger charge is -2.44. The Morgan fingerprint density at radius 3 is 2.84 bits per heavy atom. The molecule has 2 aromatic rings. The largest absolute Gasteiger partial charge is 0.396 e. The fourth-order valence-electron chi connectivity index (χ4n) is 4.68. The maximum absolute atomic E-state index is 9.52. The summed E-state index contributed by atoms with van der Waals surface area (Å²) in [4.78, 5) is 9.67. The molecule has 1 saturated heterocycles. The van der Waals surface area contributed by atoms with E-state index in [-0.39, 0.29) is 0 Å². The van der Waals surface area contributed by atoms with E-state index in [1.54, 1.807) is 0 Å². The molecule has 1 aliphatic heterocycles. The van der Waals surface area contributed by atoms with Gasteiger partial charge in [-0.05, 0) is 43.0 Å². The summed E-state index contributed by atoms with van der Waals surface area (Å²) in [5.74, 6) is 0. The monoisotopic (exact) mass is 339 g/mol. The van der Waals surface area contributed by atoms with Gasteiger partial charge in [-0.25, -0.2) is 0 Å². The summed E-state index contributed by atoms with van der Waals surface area (Å²) in [6, 6.07) is 12.0. The van der Waals surface area contributed by atoms with Crippen LogP contribution in [0.4, 0.5) is 0 Å². The van der Waals surface area contributed by atoms with Gasteiger partial charge in [0.25, 0.3) is 0 Å². The van der Waals surface area contributed by atoms with E-state index in [0.717, 1.165) is 44.2 Å². The van der Waals surface area contributed by atoms with Crippen molar-refractivity contribution in [2.45, 2.75) is 50.7 Å². The molecular weight excluding hydrogens is 310 g/mol. The smallest absolute Gasteiger partial charge is 0.0702 e. The van der Waals surface area contributed by atoms with Gasteiger partial charge in [-0.3, -0.25) is 14.8 Å². The van der Waals surface area contributed by atoms with E-state index in [4.69, 9.17) is 0 Å². The average Bonchev–Trinajstić information content (AvgIpc) is 3.17. The molecule has 2 heterocycles. The maximum atomic E-state index is 9.52. The van der Waals surface area contributed by atoms with Crippen LogP contribution in [0.3, 0.4) is 0 Å². The Kier molecular flexibility index (Phi) is 5.30. The summed E-state index contributed by atoms with van der Waals surface area (Å²) in [7, 11) is 0. The summed E-state index contributed by atoms with van der Waals surface area (Å²) >= 11 is 0. The number of hydrogen-bond donors (Lipinski definition) is 1. The Hall–Kier alpha value is -1.49. The molecule has 0 spiro atoms. The molecular formula is C21H29N3O. The summed E-state index contributed by atoms with van der Waals surface area (Å²) in [5.41, 5.74) is 2.42. The van der Waals surface area contributed by atoms with E-state index in [1.165, 1.54) is 36.6 Å². The number of fused-ring (bicyclic) bond motifs is 1. The Labute approximate surface area is 150 Å². The maximum Gasteiger partial charge on any atom is 0.0702 e. The van der Waals surface area contributed by atoms with Crippen molar-refractivity contribution in [3.63, 3.8) is 0 Å². The number of hydrogen-bond acceptors (Lipinski definition) is 4. The van der Waals surface area contributed by atoms with Crippen molar-refractivity contribution < 1.29 is 5.11 Å². The molecule has 1 aromatic heterocycles. The molecule has 0 bridgehead atoms. The van der Waals surface area contributed by atoms with Crippen LogP contribution in [0.2, 0.25) is 0 Å². The lowest BCUT2D eigenvalue weighted by Crippen LogP contribution is -2.55. The Morgan fingerprint density at radius 2 is 2.00 bits per heavy atom. The van der Waals surface area contributed by atoms with E-state index < -0.39 is 0 Å². The molecule has 2 aliphatic rings. The SMILES string of the molecule is OCC[C@@H]1CN(Cc2ccc3ncccc3c2)CCN1C1CCCC1. The second-order valence-electron chi connectivity index (χ2n) is 7.61. The number of nitrogens with zero attached hydrogens (tertiary/aromatic N) is 3. The molecule has 1 saturated carbocycles. The normalized spacial score (nSPS) is 23.5. The van der Waals surface area contributed by atoms with Gasteiger partial charge in [-0.1, -0.05) is 25.0 Å². The molecule has 1 atom stereocenters. The lowest BCUT2D eigenvalue weighted by atomic mass is 10.0. The first-order valence-electron chi connectivity index (χ1n) is 9.76. The van der Waals surface area contributed by atoms with Crippen molar-refractivity contribution in [1.82, 2.24) is 14.8 Å². The molecule has 25 heavy (non-hydrogen) atoms. The molecule has 134 valence electrons. The minimum atomic E-state index is 0.295. The number of piperazine rings is 1. The zero-order valence-corrected chi connectivity index (χ0v) is 15.0. The topological polar surface area (TPSA) is 39.6 Å². The van der Waals surface area contributed by atoms with E-state index in [0.29, 0.717) is 12.6 Å². The molecule has 1 N–H and O–H groups in total. The molecule has 1 aromatic carbocycles. The van der Waals surface area contributed by atoms with E-state index in [9.17, 15) is 5.11 Å². The van der Waals surface area contributed by atoms with Crippen LogP contribution >= 0.6 is 0 Å². The van der Waals surface area contributed by atoms with Crippen LogP contribution in [0.15, 0.2) is 36.5 Å². The predicted octanol–water partition coefficient (Wildman–Crippen LogP) is 3.05. The van der Waals surface area contributed by atoms with E-state index in [2.05, 4.69) is 39.0 Å². The molecule has 0 amide bonds. The van der Waals surface area contributed by atoms with Gasteiger partial charge < -0.3 is 5.11 Å². The van der Waals surface area contributed by atoms with Crippen LogP contribution in [-0.4, -0.2) is 58.2 Å². The van der Waals surface area contributed by atoms with Gasteiger partial charge in [0.05, 0.1) is 5.52 Å². The minimum absolute atomic E-state index is 0.295. The fourth-order valence-corrected chi connectivity index (χ4v) is 4.68. The molecule has 2 fully saturated rings. The van der Waals surface area contributed by atoms with Crippen molar-refractivity contribution in [3.05, 3.63) is 42.1 Å². The first-order chi connectivity index (χ1) is 12.3. The van der Waals surface area contributed by atoms with Gasteiger partial charge in [0.2, 0.25) is 0 Å². The third kappa shape index (κ3) is 3.86. The van der Waals surface area contributed by atoms with Gasteiger partial charge in [0.1, 0.15) is 0 Å². The molecule has 1 aliphatic carbocycles. The van der Waals surface area contributed by atoms with Crippen molar-refractivity contribution in [2.24, 2.45) is 0 Å². The van der Waals surface area contributed by atoms with Crippen LogP contribution in [0.25, 0.3) is 10.9 Å². The molecule has 4 heteroatoms. The van der Waals surface area contributed by atoms with Crippen LogP contribution < -0.4 is 0 Å². The van der Waals surface area contributed by atoms with Crippen molar-refractivity contribution in [1.29, 1.82) is 0 Å². The minimum Gasteiger partial charge on any atom is -0.396 e. The first-order valence-corrected chi connectivity index (χ1v) is 9.76. The molecule has 0 radical (unpaired) electrons. The Balaban J connectivity index is 1.43. The number of aromatic nitrogens is 1. The highest BCUT2D eigenvalue weighted by Crippen LogP contribution is 2.28. The van der Waals surface area contributed by atoms with Crippen LogP contribution in [-0.2, 0) is 6.54 Å². The molecule has 4 nitrogen and oxygen atoms in total. The highest BCUT2D eigenvalue weighted by molar-refractivity contribution is 5.78. The lowest BCUT2D eigenvalue weighted by molar-refractivity contribution is 0.0267. The Morgan fingerprint density at radius 1 is 1.12 bits per heavy atom.